The summed E-state index contributed by atoms with van der Waals surface area (Å²) in [6, 6.07) is 6.93. The van der Waals surface area contributed by atoms with Crippen molar-refractivity contribution in [1.29, 1.82) is 0 Å². The predicted octanol–water partition coefficient (Wildman–Crippen LogP) is 0.0562. The van der Waals surface area contributed by atoms with Crippen LogP contribution in [0, 0.1) is 0 Å². The lowest BCUT2D eigenvalue weighted by Gasteiger charge is -2.36. The molecular formula is C17H21ClN4O3. The standard InChI is InChI=1S/C17H21ClN4O3/c18-14-3-1-2-13(10-14)17(25)21-8-6-20(7-9-21)12-16(24)22-5-4-19-15(23)11-22/h1-3,10H,4-9,11-12H2,(H,19,23). The summed E-state index contributed by atoms with van der Waals surface area (Å²) >= 11 is 5.94. The molecule has 25 heavy (non-hydrogen) atoms. The zero-order valence-corrected chi connectivity index (χ0v) is 14.7. The fourth-order valence-electron chi connectivity index (χ4n) is 3.06. The van der Waals surface area contributed by atoms with Gasteiger partial charge in [0.2, 0.25) is 11.8 Å². The molecule has 1 aromatic rings. The van der Waals surface area contributed by atoms with Crippen molar-refractivity contribution in [1.82, 2.24) is 20.0 Å². The van der Waals surface area contributed by atoms with Gasteiger partial charge in [0.05, 0.1) is 13.1 Å². The van der Waals surface area contributed by atoms with E-state index in [1.54, 1.807) is 34.1 Å². The van der Waals surface area contributed by atoms with Crippen LogP contribution in [0.4, 0.5) is 0 Å². The molecule has 2 fully saturated rings. The third kappa shape index (κ3) is 4.49. The number of carbonyl (C=O) groups is 3. The van der Waals surface area contributed by atoms with E-state index >= 15 is 0 Å². The van der Waals surface area contributed by atoms with E-state index in [1.165, 1.54) is 0 Å². The van der Waals surface area contributed by atoms with Crippen LogP contribution in [0.1, 0.15) is 10.4 Å². The molecule has 2 aliphatic heterocycles. The summed E-state index contributed by atoms with van der Waals surface area (Å²) in [7, 11) is 0. The largest absolute Gasteiger partial charge is 0.353 e. The Morgan fingerprint density at radius 2 is 1.84 bits per heavy atom. The van der Waals surface area contributed by atoms with Crippen molar-refractivity contribution in [3.8, 4) is 0 Å². The van der Waals surface area contributed by atoms with E-state index in [4.69, 9.17) is 11.6 Å². The van der Waals surface area contributed by atoms with E-state index in [2.05, 4.69) is 5.32 Å². The number of nitrogens with zero attached hydrogens (tertiary/aromatic N) is 3. The normalized spacial score (nSPS) is 18.8. The van der Waals surface area contributed by atoms with Crippen LogP contribution >= 0.6 is 11.6 Å². The van der Waals surface area contributed by atoms with Crippen molar-refractivity contribution in [2.75, 3.05) is 52.4 Å². The molecule has 0 radical (unpaired) electrons. The summed E-state index contributed by atoms with van der Waals surface area (Å²) in [5, 5.41) is 3.25. The predicted molar refractivity (Wildman–Crippen MR) is 93.4 cm³/mol. The highest BCUT2D eigenvalue weighted by molar-refractivity contribution is 6.30. The lowest BCUT2D eigenvalue weighted by atomic mass is 10.2. The second-order valence-electron chi connectivity index (χ2n) is 6.24. The van der Waals surface area contributed by atoms with Gasteiger partial charge in [-0.15, -0.1) is 0 Å². The van der Waals surface area contributed by atoms with Gasteiger partial charge in [-0.1, -0.05) is 17.7 Å². The molecule has 8 heteroatoms. The minimum absolute atomic E-state index is 0.0375. The Morgan fingerprint density at radius 1 is 1.08 bits per heavy atom. The van der Waals surface area contributed by atoms with Crippen LogP contribution in [0.25, 0.3) is 0 Å². The van der Waals surface area contributed by atoms with Gasteiger partial charge in [-0.3, -0.25) is 19.3 Å². The van der Waals surface area contributed by atoms with Crippen molar-refractivity contribution in [3.05, 3.63) is 34.9 Å². The van der Waals surface area contributed by atoms with Crippen molar-refractivity contribution in [3.63, 3.8) is 0 Å². The van der Waals surface area contributed by atoms with Crippen molar-refractivity contribution >= 4 is 29.3 Å². The first-order valence-corrected chi connectivity index (χ1v) is 8.72. The van der Waals surface area contributed by atoms with Crippen molar-refractivity contribution in [2.45, 2.75) is 0 Å². The van der Waals surface area contributed by atoms with Gasteiger partial charge in [-0.05, 0) is 18.2 Å². The highest BCUT2D eigenvalue weighted by Gasteiger charge is 2.26. The molecule has 134 valence electrons. The quantitative estimate of drug-likeness (QED) is 0.823. The molecule has 2 heterocycles. The lowest BCUT2D eigenvalue weighted by Crippen LogP contribution is -2.55. The van der Waals surface area contributed by atoms with Crippen LogP contribution in [0.15, 0.2) is 24.3 Å². The van der Waals surface area contributed by atoms with Gasteiger partial charge in [0, 0.05) is 49.9 Å². The minimum Gasteiger partial charge on any atom is -0.353 e. The van der Waals surface area contributed by atoms with Crippen molar-refractivity contribution < 1.29 is 14.4 Å². The molecule has 0 spiro atoms. The third-order valence-electron chi connectivity index (χ3n) is 4.48. The van der Waals surface area contributed by atoms with Gasteiger partial charge in [0.15, 0.2) is 0 Å². The second-order valence-corrected chi connectivity index (χ2v) is 6.68. The molecule has 3 rings (SSSR count). The first kappa shape index (κ1) is 17.7. The molecular weight excluding hydrogens is 344 g/mol. The van der Waals surface area contributed by atoms with E-state index in [0.717, 1.165) is 0 Å². The molecule has 0 aliphatic carbocycles. The number of nitrogens with one attached hydrogen (secondary N) is 1. The van der Waals surface area contributed by atoms with Crippen LogP contribution in [0.2, 0.25) is 5.02 Å². The van der Waals surface area contributed by atoms with Crippen molar-refractivity contribution in [2.24, 2.45) is 0 Å². The molecule has 0 bridgehead atoms. The monoisotopic (exact) mass is 364 g/mol. The smallest absolute Gasteiger partial charge is 0.253 e. The maximum Gasteiger partial charge on any atom is 0.253 e. The Labute approximate surface area is 151 Å². The molecule has 2 aliphatic rings. The molecule has 1 N–H and O–H groups in total. The average molecular weight is 365 g/mol. The average Bonchev–Trinajstić information content (AvgIpc) is 2.62. The minimum atomic E-state index is -0.114. The van der Waals surface area contributed by atoms with Gasteiger partial charge in [-0.2, -0.15) is 0 Å². The molecule has 0 atom stereocenters. The van der Waals surface area contributed by atoms with Crippen LogP contribution in [-0.2, 0) is 9.59 Å². The number of halogens is 1. The number of rotatable bonds is 3. The molecule has 0 saturated carbocycles. The molecule has 0 aromatic heterocycles. The SMILES string of the molecule is O=C1CN(C(=O)CN2CCN(C(=O)c3cccc(Cl)c3)CC2)CCN1. The Morgan fingerprint density at radius 3 is 2.52 bits per heavy atom. The zero-order chi connectivity index (χ0) is 17.8. The van der Waals surface area contributed by atoms with E-state index < -0.39 is 0 Å². The number of carbonyl (C=O) groups excluding carboxylic acids is 3. The fraction of sp³-hybridized carbons (Fsp3) is 0.471. The topological polar surface area (TPSA) is 73.0 Å². The van der Waals surface area contributed by atoms with Crippen LogP contribution < -0.4 is 5.32 Å². The summed E-state index contributed by atoms with van der Waals surface area (Å²) < 4.78 is 0. The maximum atomic E-state index is 12.5. The number of piperazine rings is 2. The Balaban J connectivity index is 1.49. The second kappa shape index (κ2) is 7.84. The first-order valence-electron chi connectivity index (χ1n) is 8.34. The fourth-order valence-corrected chi connectivity index (χ4v) is 3.25. The third-order valence-corrected chi connectivity index (χ3v) is 4.72. The van der Waals surface area contributed by atoms with E-state index in [0.29, 0.717) is 49.9 Å². The van der Waals surface area contributed by atoms with Gasteiger partial charge < -0.3 is 15.1 Å². The van der Waals surface area contributed by atoms with Gasteiger partial charge >= 0.3 is 0 Å². The number of amides is 3. The highest BCUT2D eigenvalue weighted by Crippen LogP contribution is 2.14. The Kier molecular flexibility index (Phi) is 5.55. The van der Waals surface area contributed by atoms with Gasteiger partial charge in [0.25, 0.3) is 5.91 Å². The van der Waals surface area contributed by atoms with E-state index in [1.807, 2.05) is 4.90 Å². The summed E-state index contributed by atoms with van der Waals surface area (Å²) in [5.74, 6) is -0.192. The van der Waals surface area contributed by atoms with E-state index in [-0.39, 0.29) is 30.8 Å². The number of hydrogen-bond acceptors (Lipinski definition) is 4. The zero-order valence-electron chi connectivity index (χ0n) is 13.9. The maximum absolute atomic E-state index is 12.5. The number of benzene rings is 1. The number of hydrogen-bond donors (Lipinski definition) is 1. The summed E-state index contributed by atoms with van der Waals surface area (Å²) in [5.41, 5.74) is 0.580. The summed E-state index contributed by atoms with van der Waals surface area (Å²) in [6.07, 6.45) is 0. The molecule has 3 amide bonds. The van der Waals surface area contributed by atoms with Crippen LogP contribution in [0.3, 0.4) is 0 Å². The summed E-state index contributed by atoms with van der Waals surface area (Å²) in [6.45, 7) is 3.89. The highest BCUT2D eigenvalue weighted by atomic mass is 35.5. The van der Waals surface area contributed by atoms with Gasteiger partial charge in [0.1, 0.15) is 0 Å². The molecule has 7 nitrogen and oxygen atoms in total. The molecule has 0 unspecified atom stereocenters. The first-order chi connectivity index (χ1) is 12.0. The molecule has 1 aromatic carbocycles. The summed E-state index contributed by atoms with van der Waals surface area (Å²) in [4.78, 5) is 41.6. The van der Waals surface area contributed by atoms with E-state index in [9.17, 15) is 14.4 Å². The molecule has 2 saturated heterocycles. The Bertz CT molecular complexity index is 674. The van der Waals surface area contributed by atoms with Crippen LogP contribution in [-0.4, -0.2) is 84.8 Å². The van der Waals surface area contributed by atoms with Crippen LogP contribution in [0.5, 0.6) is 0 Å². The Hall–Kier alpha value is -2.12. The van der Waals surface area contributed by atoms with Gasteiger partial charge in [-0.25, -0.2) is 0 Å². The lowest BCUT2D eigenvalue weighted by molar-refractivity contribution is -0.139.